The summed E-state index contributed by atoms with van der Waals surface area (Å²) < 4.78 is 0.594. The van der Waals surface area contributed by atoms with Crippen molar-refractivity contribution in [2.45, 2.75) is 0 Å². The molecule has 0 saturated carbocycles. The maximum Gasteiger partial charge on any atom is 0.296 e. The molecule has 0 spiro atoms. The first-order valence-corrected chi connectivity index (χ1v) is 4.94. The summed E-state index contributed by atoms with van der Waals surface area (Å²) in [5.74, 6) is 0. The van der Waals surface area contributed by atoms with E-state index in [2.05, 4.69) is 20.9 Å². The normalized spacial score (nSPS) is 10.6. The van der Waals surface area contributed by atoms with Crippen LogP contribution in [0.4, 0.5) is 5.69 Å². The number of aromatic nitrogens is 1. The Morgan fingerprint density at radius 2 is 2.27 bits per heavy atom. The Morgan fingerprint density at radius 3 is 2.80 bits per heavy atom. The molecular formula is C9H10BrN3O2. The molecule has 0 amide bonds. The van der Waals surface area contributed by atoms with Gasteiger partial charge in [0.25, 0.3) is 5.69 Å². The molecule has 0 saturated heterocycles. The quantitative estimate of drug-likeness (QED) is 0.625. The average molecular weight is 272 g/mol. The highest BCUT2D eigenvalue weighted by molar-refractivity contribution is 9.10. The van der Waals surface area contributed by atoms with E-state index in [1.165, 1.54) is 12.3 Å². The molecule has 1 aromatic heterocycles. The van der Waals surface area contributed by atoms with Crippen LogP contribution < -0.4 is 0 Å². The van der Waals surface area contributed by atoms with Crippen molar-refractivity contribution in [3.63, 3.8) is 0 Å². The zero-order valence-electron chi connectivity index (χ0n) is 8.35. The topological polar surface area (TPSA) is 59.3 Å². The molecule has 0 aliphatic carbocycles. The minimum atomic E-state index is -0.451. The predicted molar refractivity (Wildman–Crippen MR) is 61.3 cm³/mol. The SMILES string of the molecule is CN(C)/C=C/c1ncc(Br)cc1[N+](=O)[O-]. The van der Waals surface area contributed by atoms with Crippen LogP contribution in [0.5, 0.6) is 0 Å². The van der Waals surface area contributed by atoms with E-state index in [0.29, 0.717) is 10.2 Å². The highest BCUT2D eigenvalue weighted by atomic mass is 79.9. The predicted octanol–water partition coefficient (Wildman–Crippen LogP) is 2.28. The Hall–Kier alpha value is -1.43. The molecule has 1 aromatic rings. The number of hydrogen-bond donors (Lipinski definition) is 0. The molecule has 0 fully saturated rings. The monoisotopic (exact) mass is 271 g/mol. The van der Waals surface area contributed by atoms with Gasteiger partial charge in [-0.3, -0.25) is 10.1 Å². The average Bonchev–Trinajstić information content (AvgIpc) is 2.15. The van der Waals surface area contributed by atoms with E-state index < -0.39 is 4.92 Å². The first-order valence-electron chi connectivity index (χ1n) is 4.15. The summed E-state index contributed by atoms with van der Waals surface area (Å²) in [5.41, 5.74) is 0.333. The van der Waals surface area contributed by atoms with E-state index in [1.807, 2.05) is 14.1 Å². The van der Waals surface area contributed by atoms with Gasteiger partial charge in [-0.15, -0.1) is 0 Å². The first kappa shape index (κ1) is 11.6. The lowest BCUT2D eigenvalue weighted by atomic mass is 10.3. The van der Waals surface area contributed by atoms with Gasteiger partial charge in [0, 0.05) is 37.0 Å². The van der Waals surface area contributed by atoms with Crippen LogP contribution in [0.2, 0.25) is 0 Å². The molecule has 15 heavy (non-hydrogen) atoms. The van der Waals surface area contributed by atoms with Crippen molar-refractivity contribution in [1.82, 2.24) is 9.88 Å². The first-order chi connectivity index (χ1) is 7.00. The van der Waals surface area contributed by atoms with Crippen LogP contribution in [0.3, 0.4) is 0 Å². The summed E-state index contributed by atoms with van der Waals surface area (Å²) in [6.07, 6.45) is 4.84. The van der Waals surface area contributed by atoms with Gasteiger partial charge in [0.1, 0.15) is 5.69 Å². The van der Waals surface area contributed by atoms with Gasteiger partial charge < -0.3 is 4.90 Å². The van der Waals surface area contributed by atoms with Crippen molar-refractivity contribution >= 4 is 27.7 Å². The Kier molecular flexibility index (Phi) is 3.79. The largest absolute Gasteiger partial charge is 0.383 e. The van der Waals surface area contributed by atoms with Crippen molar-refractivity contribution in [3.05, 3.63) is 38.7 Å². The second kappa shape index (κ2) is 4.88. The lowest BCUT2D eigenvalue weighted by molar-refractivity contribution is -0.385. The molecule has 0 radical (unpaired) electrons. The van der Waals surface area contributed by atoms with Crippen molar-refractivity contribution in [2.75, 3.05) is 14.1 Å². The molecule has 0 atom stereocenters. The molecule has 80 valence electrons. The zero-order chi connectivity index (χ0) is 11.4. The smallest absolute Gasteiger partial charge is 0.296 e. The van der Waals surface area contributed by atoms with Gasteiger partial charge in [-0.05, 0) is 22.0 Å². The lowest BCUT2D eigenvalue weighted by Gasteiger charge is -2.03. The number of hydrogen-bond acceptors (Lipinski definition) is 4. The summed E-state index contributed by atoms with van der Waals surface area (Å²) in [4.78, 5) is 16.0. The Morgan fingerprint density at radius 1 is 1.60 bits per heavy atom. The fourth-order valence-corrected chi connectivity index (χ4v) is 1.25. The molecule has 0 bridgehead atoms. The van der Waals surface area contributed by atoms with Gasteiger partial charge in [0.05, 0.1) is 4.92 Å². The zero-order valence-corrected chi connectivity index (χ0v) is 9.93. The van der Waals surface area contributed by atoms with E-state index in [1.54, 1.807) is 17.2 Å². The maximum absolute atomic E-state index is 10.7. The molecular weight excluding hydrogens is 262 g/mol. The highest BCUT2D eigenvalue weighted by Crippen LogP contribution is 2.22. The van der Waals surface area contributed by atoms with Crippen LogP contribution >= 0.6 is 15.9 Å². The lowest BCUT2D eigenvalue weighted by Crippen LogP contribution is -2.01. The van der Waals surface area contributed by atoms with E-state index in [9.17, 15) is 10.1 Å². The number of nitro groups is 1. The third-order valence-corrected chi connectivity index (χ3v) is 2.02. The molecule has 0 aliphatic rings. The Bertz CT molecular complexity index is 404. The van der Waals surface area contributed by atoms with Crippen molar-refractivity contribution in [1.29, 1.82) is 0 Å². The van der Waals surface area contributed by atoms with Gasteiger partial charge in [-0.2, -0.15) is 0 Å². The summed E-state index contributed by atoms with van der Waals surface area (Å²) >= 11 is 3.14. The van der Waals surface area contributed by atoms with Gasteiger partial charge in [-0.1, -0.05) is 0 Å². The van der Waals surface area contributed by atoms with E-state index in [4.69, 9.17) is 0 Å². The summed E-state index contributed by atoms with van der Waals surface area (Å²) in [7, 11) is 3.67. The van der Waals surface area contributed by atoms with Gasteiger partial charge in [0.2, 0.25) is 0 Å². The third kappa shape index (κ3) is 3.32. The van der Waals surface area contributed by atoms with Gasteiger partial charge >= 0.3 is 0 Å². The fourth-order valence-electron chi connectivity index (χ4n) is 0.933. The number of nitrogens with zero attached hydrogens (tertiary/aromatic N) is 3. The van der Waals surface area contributed by atoms with Crippen molar-refractivity contribution in [3.8, 4) is 0 Å². The Balaban J connectivity index is 3.12. The second-order valence-corrected chi connectivity index (χ2v) is 4.01. The number of pyridine rings is 1. The van der Waals surface area contributed by atoms with Crippen molar-refractivity contribution < 1.29 is 4.92 Å². The van der Waals surface area contributed by atoms with Crippen LogP contribution in [0.15, 0.2) is 22.9 Å². The maximum atomic E-state index is 10.7. The summed E-state index contributed by atoms with van der Waals surface area (Å²) in [5, 5.41) is 10.7. The molecule has 6 heteroatoms. The van der Waals surface area contributed by atoms with Gasteiger partial charge in [-0.25, -0.2) is 4.98 Å². The summed E-state index contributed by atoms with van der Waals surface area (Å²) in [6, 6.07) is 1.43. The molecule has 5 nitrogen and oxygen atoms in total. The number of rotatable bonds is 3. The van der Waals surface area contributed by atoms with Crippen LogP contribution in [0.25, 0.3) is 6.08 Å². The van der Waals surface area contributed by atoms with Crippen LogP contribution in [-0.4, -0.2) is 28.9 Å². The molecule has 0 unspecified atom stereocenters. The molecule has 1 heterocycles. The minimum absolute atomic E-state index is 0.0116. The van der Waals surface area contributed by atoms with E-state index in [-0.39, 0.29) is 5.69 Å². The van der Waals surface area contributed by atoms with Crippen LogP contribution in [-0.2, 0) is 0 Å². The molecule has 0 aromatic carbocycles. The van der Waals surface area contributed by atoms with Crippen LogP contribution in [0, 0.1) is 10.1 Å². The highest BCUT2D eigenvalue weighted by Gasteiger charge is 2.13. The van der Waals surface area contributed by atoms with Crippen LogP contribution in [0.1, 0.15) is 5.69 Å². The summed E-state index contributed by atoms with van der Waals surface area (Å²) in [6.45, 7) is 0. The molecule has 1 rings (SSSR count). The standard InChI is InChI=1S/C9H10BrN3O2/c1-12(2)4-3-8-9(13(14)15)5-7(10)6-11-8/h3-6H,1-2H3/b4-3+. The molecule has 0 N–H and O–H groups in total. The van der Waals surface area contributed by atoms with E-state index in [0.717, 1.165) is 0 Å². The van der Waals surface area contributed by atoms with Gasteiger partial charge in [0.15, 0.2) is 0 Å². The Labute approximate surface area is 95.7 Å². The third-order valence-electron chi connectivity index (χ3n) is 1.59. The van der Waals surface area contributed by atoms with E-state index >= 15 is 0 Å². The molecule has 0 aliphatic heterocycles. The number of halogens is 1. The minimum Gasteiger partial charge on any atom is -0.383 e. The fraction of sp³-hybridized carbons (Fsp3) is 0.222. The second-order valence-electron chi connectivity index (χ2n) is 3.09. The van der Waals surface area contributed by atoms with Crippen molar-refractivity contribution in [2.24, 2.45) is 0 Å².